The fourth-order valence-corrected chi connectivity index (χ4v) is 6.84. The van der Waals surface area contributed by atoms with Crippen LogP contribution in [0.15, 0.2) is 47.4 Å². The standard InChI is InChI=1S/C25H29FN2O5S/c26-20-6-8-21(9-7-20)34(30,31)28-14-4-13-27(15-16-28)24(29)25(11-2-1-3-12-25)19-5-10-22-23(17-19)33-18-32-22/h5-10,17H,1-4,11-16,18H2. The molecule has 0 radical (unpaired) electrons. The van der Waals surface area contributed by atoms with Gasteiger partial charge in [-0.25, -0.2) is 12.8 Å². The van der Waals surface area contributed by atoms with Gasteiger partial charge in [-0.15, -0.1) is 0 Å². The van der Waals surface area contributed by atoms with Crippen LogP contribution in [0.1, 0.15) is 44.1 Å². The topological polar surface area (TPSA) is 76.2 Å². The Bertz CT molecular complexity index is 1160. The summed E-state index contributed by atoms with van der Waals surface area (Å²) in [7, 11) is -3.75. The average Bonchev–Trinajstić information content (AvgIpc) is 3.18. The van der Waals surface area contributed by atoms with Crippen LogP contribution in [0.4, 0.5) is 4.39 Å². The van der Waals surface area contributed by atoms with Crippen LogP contribution in [-0.4, -0.2) is 56.5 Å². The van der Waals surface area contributed by atoms with Crippen LogP contribution in [0.25, 0.3) is 0 Å². The lowest BCUT2D eigenvalue weighted by Gasteiger charge is -2.40. The average molecular weight is 489 g/mol. The molecule has 1 saturated heterocycles. The van der Waals surface area contributed by atoms with Crippen molar-refractivity contribution in [2.24, 2.45) is 0 Å². The minimum absolute atomic E-state index is 0.0621. The van der Waals surface area contributed by atoms with Gasteiger partial charge in [0.25, 0.3) is 0 Å². The molecule has 182 valence electrons. The van der Waals surface area contributed by atoms with E-state index in [2.05, 4.69) is 0 Å². The van der Waals surface area contributed by atoms with Crippen LogP contribution in [0.5, 0.6) is 11.5 Å². The van der Waals surface area contributed by atoms with Crippen molar-refractivity contribution >= 4 is 15.9 Å². The molecule has 0 spiro atoms. The summed E-state index contributed by atoms with van der Waals surface area (Å²) in [6, 6.07) is 10.7. The van der Waals surface area contributed by atoms with Crippen molar-refractivity contribution in [3.63, 3.8) is 0 Å². The van der Waals surface area contributed by atoms with E-state index in [0.29, 0.717) is 37.6 Å². The maximum atomic E-state index is 14.0. The zero-order valence-corrected chi connectivity index (χ0v) is 19.9. The normalized spacial score (nSPS) is 20.7. The number of hydrogen-bond acceptors (Lipinski definition) is 5. The Labute approximate surface area is 199 Å². The molecular weight excluding hydrogens is 459 g/mol. The number of carbonyl (C=O) groups is 1. The first kappa shape index (κ1) is 23.1. The third-order valence-corrected chi connectivity index (χ3v) is 9.15. The van der Waals surface area contributed by atoms with E-state index < -0.39 is 21.3 Å². The van der Waals surface area contributed by atoms with Crippen molar-refractivity contribution in [2.75, 3.05) is 33.0 Å². The fourth-order valence-electron chi connectivity index (χ4n) is 5.37. The third kappa shape index (κ3) is 4.15. The molecule has 2 aromatic carbocycles. The van der Waals surface area contributed by atoms with Crippen molar-refractivity contribution in [3.8, 4) is 11.5 Å². The maximum absolute atomic E-state index is 14.0. The number of halogens is 1. The highest BCUT2D eigenvalue weighted by atomic mass is 32.2. The minimum atomic E-state index is -3.75. The molecule has 0 N–H and O–H groups in total. The summed E-state index contributed by atoms with van der Waals surface area (Å²) in [5.74, 6) is 0.946. The molecule has 7 nitrogen and oxygen atoms in total. The van der Waals surface area contributed by atoms with Gasteiger partial charge in [0.1, 0.15) is 5.82 Å². The van der Waals surface area contributed by atoms with E-state index in [0.717, 1.165) is 49.8 Å². The zero-order valence-electron chi connectivity index (χ0n) is 19.0. The number of amides is 1. The van der Waals surface area contributed by atoms with Gasteiger partial charge in [0.15, 0.2) is 11.5 Å². The maximum Gasteiger partial charge on any atom is 0.243 e. The van der Waals surface area contributed by atoms with Crippen LogP contribution in [0, 0.1) is 5.82 Å². The van der Waals surface area contributed by atoms with Crippen LogP contribution in [0.2, 0.25) is 0 Å². The number of benzene rings is 2. The molecule has 1 saturated carbocycles. The molecule has 2 aliphatic heterocycles. The highest BCUT2D eigenvalue weighted by molar-refractivity contribution is 7.89. The summed E-state index contributed by atoms with van der Waals surface area (Å²) < 4.78 is 51.9. The second kappa shape index (κ2) is 9.19. The van der Waals surface area contributed by atoms with Gasteiger partial charge in [-0.05, 0) is 61.2 Å². The van der Waals surface area contributed by atoms with E-state index in [9.17, 15) is 17.6 Å². The Kier molecular flexibility index (Phi) is 6.24. The molecule has 5 rings (SSSR count). The quantitative estimate of drug-likeness (QED) is 0.656. The number of nitrogens with zero attached hydrogens (tertiary/aromatic N) is 2. The molecule has 9 heteroatoms. The van der Waals surface area contributed by atoms with Crippen LogP contribution < -0.4 is 9.47 Å². The molecule has 0 bridgehead atoms. The Morgan fingerprint density at radius 3 is 2.35 bits per heavy atom. The largest absolute Gasteiger partial charge is 0.454 e. The second-order valence-electron chi connectivity index (χ2n) is 9.21. The van der Waals surface area contributed by atoms with Crippen molar-refractivity contribution in [1.82, 2.24) is 9.21 Å². The van der Waals surface area contributed by atoms with Crippen molar-refractivity contribution < 1.29 is 27.1 Å². The van der Waals surface area contributed by atoms with Crippen molar-refractivity contribution in [2.45, 2.75) is 48.8 Å². The van der Waals surface area contributed by atoms with E-state index >= 15 is 0 Å². The van der Waals surface area contributed by atoms with Gasteiger partial charge in [-0.1, -0.05) is 25.3 Å². The Hall–Kier alpha value is -2.65. The van der Waals surface area contributed by atoms with Crippen LogP contribution in [0.3, 0.4) is 0 Å². The van der Waals surface area contributed by atoms with Gasteiger partial charge in [-0.2, -0.15) is 4.31 Å². The molecule has 2 aromatic rings. The highest BCUT2D eigenvalue weighted by Gasteiger charge is 2.44. The monoisotopic (exact) mass is 488 g/mol. The number of ether oxygens (including phenoxy) is 2. The summed E-state index contributed by atoms with van der Waals surface area (Å²) in [4.78, 5) is 15.9. The van der Waals surface area contributed by atoms with E-state index in [1.807, 2.05) is 23.1 Å². The van der Waals surface area contributed by atoms with Gasteiger partial charge in [-0.3, -0.25) is 4.79 Å². The van der Waals surface area contributed by atoms with Crippen LogP contribution in [-0.2, 0) is 20.2 Å². The predicted molar refractivity (Wildman–Crippen MR) is 124 cm³/mol. The van der Waals surface area contributed by atoms with Gasteiger partial charge in [0.05, 0.1) is 10.3 Å². The molecule has 3 aliphatic rings. The first-order valence-corrected chi connectivity index (χ1v) is 13.3. The molecule has 1 aliphatic carbocycles. The number of carbonyl (C=O) groups excluding carboxylic acids is 1. The van der Waals surface area contributed by atoms with Gasteiger partial charge in [0, 0.05) is 26.2 Å². The summed E-state index contributed by atoms with van der Waals surface area (Å²) in [5, 5.41) is 0. The van der Waals surface area contributed by atoms with Crippen LogP contribution >= 0.6 is 0 Å². The smallest absolute Gasteiger partial charge is 0.243 e. The minimum Gasteiger partial charge on any atom is -0.454 e. The number of sulfonamides is 1. The van der Waals surface area contributed by atoms with E-state index in [1.54, 1.807) is 0 Å². The number of hydrogen-bond donors (Lipinski definition) is 0. The Morgan fingerprint density at radius 1 is 0.853 bits per heavy atom. The fraction of sp³-hybridized carbons (Fsp3) is 0.480. The molecule has 2 heterocycles. The third-order valence-electron chi connectivity index (χ3n) is 7.24. The van der Waals surface area contributed by atoms with E-state index in [-0.39, 0.29) is 24.1 Å². The number of rotatable bonds is 4. The van der Waals surface area contributed by atoms with E-state index in [1.165, 1.54) is 16.4 Å². The van der Waals surface area contributed by atoms with Gasteiger partial charge >= 0.3 is 0 Å². The number of fused-ring (bicyclic) bond motifs is 1. The Balaban J connectivity index is 1.37. The molecule has 34 heavy (non-hydrogen) atoms. The molecular formula is C25H29FN2O5S. The first-order valence-electron chi connectivity index (χ1n) is 11.9. The lowest BCUT2D eigenvalue weighted by molar-refractivity contribution is -0.138. The van der Waals surface area contributed by atoms with E-state index in [4.69, 9.17) is 9.47 Å². The summed E-state index contributed by atoms with van der Waals surface area (Å²) >= 11 is 0. The molecule has 0 atom stereocenters. The van der Waals surface area contributed by atoms with Gasteiger partial charge < -0.3 is 14.4 Å². The lowest BCUT2D eigenvalue weighted by Crippen LogP contribution is -2.49. The summed E-state index contributed by atoms with van der Waals surface area (Å²) in [6.45, 7) is 1.54. The zero-order chi connectivity index (χ0) is 23.8. The Morgan fingerprint density at radius 2 is 1.59 bits per heavy atom. The van der Waals surface area contributed by atoms with Crippen molar-refractivity contribution in [1.29, 1.82) is 0 Å². The highest BCUT2D eigenvalue weighted by Crippen LogP contribution is 2.44. The molecule has 0 unspecified atom stereocenters. The summed E-state index contributed by atoms with van der Waals surface area (Å²) in [6.07, 6.45) is 5.12. The molecule has 2 fully saturated rings. The second-order valence-corrected chi connectivity index (χ2v) is 11.2. The SMILES string of the molecule is O=C(N1CCCN(S(=O)(=O)c2ccc(F)cc2)CC1)C1(c2ccc3c(c2)OCO3)CCCCC1. The van der Waals surface area contributed by atoms with Crippen molar-refractivity contribution in [3.05, 3.63) is 53.8 Å². The van der Waals surface area contributed by atoms with Gasteiger partial charge in [0.2, 0.25) is 22.7 Å². The molecule has 0 aromatic heterocycles. The predicted octanol–water partition coefficient (Wildman–Crippen LogP) is 3.68. The summed E-state index contributed by atoms with van der Waals surface area (Å²) in [5.41, 5.74) is 0.311. The molecule has 1 amide bonds. The first-order chi connectivity index (χ1) is 16.4. The lowest BCUT2D eigenvalue weighted by atomic mass is 9.68.